The highest BCUT2D eigenvalue weighted by molar-refractivity contribution is 7.09. The predicted molar refractivity (Wildman–Crippen MR) is 231 cm³/mol. The molecule has 14 nitrogen and oxygen atoms in total. The molecular formula is C43H59N10O4S2+. The lowest BCUT2D eigenvalue weighted by Crippen LogP contribution is -2.81. The standard InChI is InChI=1S/C43H58N10O4S2/c1-5-38-49-50-39-26-52(20-21-53(38)39)19-18-37(48-42(55)51(4)25-35-28-58-41(46-35)30(2)3)40(54)45-33(22-31-12-8-6-9-13-31)16-17-34(23-32-14-10-7-11-15-32)47-43(56)57-27-36-24-44-29-59-36/h6-15,24,28-30,33-34,37,42,48,55H,5,16-23,25-27H2,1-4H3,(H,45,54)(H,47,56)/p+1. The van der Waals surface area contributed by atoms with Gasteiger partial charge in [-0.2, -0.15) is 4.99 Å². The second-order valence-corrected chi connectivity index (χ2v) is 17.4. The van der Waals surface area contributed by atoms with Crippen LogP contribution in [-0.2, 0) is 55.0 Å². The molecule has 5 N–H and O–H groups in total. The van der Waals surface area contributed by atoms with Crippen LogP contribution < -0.4 is 15.6 Å². The maximum atomic E-state index is 14.5. The molecule has 1 aliphatic rings. The second-order valence-electron chi connectivity index (χ2n) is 15.5. The summed E-state index contributed by atoms with van der Waals surface area (Å²) in [6.07, 6.45) is 4.18. The SMILES string of the molecule is CCc1nnc2n1CCN(CCC(NC(O)N(C)Cc1csc(C(C)C)n1)C(=O)NC(CCC(Cc1ccccc1)[NH+]=C(O)OCc1cncs1)Cc1ccccc1)C2. The Morgan fingerprint density at radius 1 is 1.00 bits per heavy atom. The highest BCUT2D eigenvalue weighted by Crippen LogP contribution is 2.21. The molecule has 3 aromatic heterocycles. The topological polar surface area (TPSA) is 168 Å². The van der Waals surface area contributed by atoms with Gasteiger partial charge in [-0.25, -0.2) is 4.98 Å². The maximum Gasteiger partial charge on any atom is 0.545 e. The summed E-state index contributed by atoms with van der Waals surface area (Å²) in [5.41, 5.74) is 4.83. The number of ether oxygens (including phenoxy) is 1. The van der Waals surface area contributed by atoms with Gasteiger partial charge in [-0.15, -0.1) is 32.9 Å². The van der Waals surface area contributed by atoms with E-state index in [9.17, 15) is 15.0 Å². The number of hydrogen-bond acceptors (Lipinski definition) is 12. The van der Waals surface area contributed by atoms with Gasteiger partial charge >= 0.3 is 6.08 Å². The van der Waals surface area contributed by atoms with Crippen LogP contribution in [0.25, 0.3) is 0 Å². The molecule has 59 heavy (non-hydrogen) atoms. The molecule has 0 spiro atoms. The minimum absolute atomic E-state index is 0.183. The van der Waals surface area contributed by atoms with Gasteiger partial charge in [0.25, 0.3) is 0 Å². The van der Waals surface area contributed by atoms with Gasteiger partial charge in [0.15, 0.2) is 12.4 Å². The molecule has 5 aromatic rings. The first-order chi connectivity index (χ1) is 28.6. The van der Waals surface area contributed by atoms with Crippen LogP contribution in [0.5, 0.6) is 0 Å². The van der Waals surface area contributed by atoms with Gasteiger partial charge in [0, 0.05) is 69.0 Å². The van der Waals surface area contributed by atoms with E-state index in [0.29, 0.717) is 57.7 Å². The molecule has 6 rings (SSSR count). The fourth-order valence-electron chi connectivity index (χ4n) is 7.25. The van der Waals surface area contributed by atoms with Crippen molar-refractivity contribution in [2.24, 2.45) is 0 Å². The van der Waals surface area contributed by atoms with Crippen molar-refractivity contribution in [2.45, 2.75) is 116 Å². The first-order valence-corrected chi connectivity index (χ1v) is 22.3. The largest absolute Gasteiger partial charge is 0.545 e. The molecule has 4 unspecified atom stereocenters. The molecule has 4 heterocycles. The van der Waals surface area contributed by atoms with E-state index in [-0.39, 0.29) is 30.7 Å². The Hall–Kier alpha value is -4.58. The molecule has 0 fully saturated rings. The van der Waals surface area contributed by atoms with Crippen LogP contribution in [0.15, 0.2) is 77.8 Å². The zero-order valence-electron chi connectivity index (χ0n) is 34.5. The Bertz CT molecular complexity index is 2030. The van der Waals surface area contributed by atoms with E-state index in [0.717, 1.165) is 57.9 Å². The van der Waals surface area contributed by atoms with Crippen molar-refractivity contribution in [3.8, 4) is 0 Å². The quantitative estimate of drug-likeness (QED) is 0.0391. The minimum Gasteiger partial charge on any atom is -0.430 e. The van der Waals surface area contributed by atoms with Crippen molar-refractivity contribution in [3.05, 3.63) is 116 Å². The van der Waals surface area contributed by atoms with Crippen LogP contribution in [0.4, 0.5) is 0 Å². The Labute approximate surface area is 355 Å². The van der Waals surface area contributed by atoms with E-state index in [1.54, 1.807) is 27.9 Å². The number of nitrogens with zero attached hydrogens (tertiary/aromatic N) is 7. The number of rotatable bonds is 22. The van der Waals surface area contributed by atoms with E-state index < -0.39 is 12.4 Å². The summed E-state index contributed by atoms with van der Waals surface area (Å²) in [7, 11) is 1.83. The molecule has 2 aromatic carbocycles. The summed E-state index contributed by atoms with van der Waals surface area (Å²) in [5.74, 6) is 2.07. The molecule has 0 radical (unpaired) electrons. The van der Waals surface area contributed by atoms with Crippen molar-refractivity contribution in [1.82, 2.24) is 45.2 Å². The first kappa shape index (κ1) is 44.0. The molecule has 16 heteroatoms. The van der Waals surface area contributed by atoms with Gasteiger partial charge in [-0.3, -0.25) is 24.9 Å². The fraction of sp³-hybridized carbons (Fsp3) is 0.488. The monoisotopic (exact) mass is 843 g/mol. The summed E-state index contributed by atoms with van der Waals surface area (Å²) in [6, 6.07) is 19.1. The highest BCUT2D eigenvalue weighted by Gasteiger charge is 2.29. The average Bonchev–Trinajstić information content (AvgIpc) is 4.03. The van der Waals surface area contributed by atoms with E-state index in [2.05, 4.69) is 85.3 Å². The smallest absolute Gasteiger partial charge is 0.430 e. The van der Waals surface area contributed by atoms with Gasteiger partial charge in [0.05, 0.1) is 33.7 Å². The van der Waals surface area contributed by atoms with Crippen LogP contribution in [0.2, 0.25) is 0 Å². The Morgan fingerprint density at radius 2 is 1.75 bits per heavy atom. The first-order valence-electron chi connectivity index (χ1n) is 20.6. The fourth-order valence-corrected chi connectivity index (χ4v) is 8.58. The number of aliphatic hydroxyl groups excluding tert-OH is 2. The van der Waals surface area contributed by atoms with Crippen LogP contribution >= 0.6 is 22.7 Å². The maximum absolute atomic E-state index is 14.5. The predicted octanol–water partition coefficient (Wildman–Crippen LogP) is 3.78. The Kier molecular flexibility index (Phi) is 16.5. The molecule has 0 saturated heterocycles. The van der Waals surface area contributed by atoms with Gasteiger partial charge < -0.3 is 24.8 Å². The molecular weight excluding hydrogens is 785 g/mol. The Balaban J connectivity index is 1.17. The van der Waals surface area contributed by atoms with Crippen LogP contribution in [-0.4, -0.2) is 101 Å². The van der Waals surface area contributed by atoms with Gasteiger partial charge in [-0.1, -0.05) is 81.4 Å². The second kappa shape index (κ2) is 22.1. The molecule has 0 aliphatic carbocycles. The van der Waals surface area contributed by atoms with Gasteiger partial charge in [0.1, 0.15) is 18.3 Å². The summed E-state index contributed by atoms with van der Waals surface area (Å²) in [4.78, 5) is 31.6. The summed E-state index contributed by atoms with van der Waals surface area (Å²) >= 11 is 3.09. The van der Waals surface area contributed by atoms with Crippen LogP contribution in [0.1, 0.15) is 84.3 Å². The third-order valence-electron chi connectivity index (χ3n) is 10.5. The van der Waals surface area contributed by atoms with Crippen molar-refractivity contribution >= 4 is 34.7 Å². The van der Waals surface area contributed by atoms with E-state index in [1.807, 2.05) is 48.8 Å². The summed E-state index contributed by atoms with van der Waals surface area (Å²) < 4.78 is 7.87. The van der Waals surface area contributed by atoms with E-state index in [1.165, 1.54) is 11.3 Å². The lowest BCUT2D eigenvalue weighted by atomic mass is 9.96. The summed E-state index contributed by atoms with van der Waals surface area (Å²) in [6.45, 7) is 9.86. The normalized spacial score (nSPS) is 15.5. The third-order valence-corrected chi connectivity index (χ3v) is 12.5. The number of amides is 1. The lowest BCUT2D eigenvalue weighted by Gasteiger charge is -2.32. The number of hydrogen-bond donors (Lipinski definition) is 5. The molecule has 4 atom stereocenters. The molecule has 0 bridgehead atoms. The zero-order chi connectivity index (χ0) is 41.6. The van der Waals surface area contributed by atoms with Gasteiger partial charge in [-0.05, 0) is 37.4 Å². The lowest BCUT2D eigenvalue weighted by molar-refractivity contribution is -0.523. The van der Waals surface area contributed by atoms with Crippen molar-refractivity contribution in [2.75, 3.05) is 20.1 Å². The van der Waals surface area contributed by atoms with Crippen LogP contribution in [0.3, 0.4) is 0 Å². The number of thiazole rings is 2. The molecule has 0 saturated carbocycles. The molecule has 1 amide bonds. The number of aryl methyl sites for hydroxylation is 1. The Morgan fingerprint density at radius 3 is 2.42 bits per heavy atom. The zero-order valence-corrected chi connectivity index (χ0v) is 36.2. The minimum atomic E-state index is -1.10. The number of aromatic nitrogens is 5. The molecule has 316 valence electrons. The molecule has 1 aliphatic heterocycles. The number of carbonyl (C=O) groups is 1. The number of fused-ring (bicyclic) bond motifs is 1. The number of nitrogens with one attached hydrogen (secondary N) is 3. The average molecular weight is 844 g/mol. The third kappa shape index (κ3) is 13.5. The van der Waals surface area contributed by atoms with Crippen molar-refractivity contribution in [3.63, 3.8) is 0 Å². The van der Waals surface area contributed by atoms with Crippen LogP contribution in [0, 0.1) is 0 Å². The highest BCUT2D eigenvalue weighted by atomic mass is 32.1. The van der Waals surface area contributed by atoms with Crippen molar-refractivity contribution in [1.29, 1.82) is 0 Å². The van der Waals surface area contributed by atoms with Crippen molar-refractivity contribution < 1.29 is 24.7 Å². The number of aliphatic hydroxyl groups is 2. The van der Waals surface area contributed by atoms with E-state index >= 15 is 0 Å². The number of carbonyl (C=O) groups excluding carboxylic acids is 1. The van der Waals surface area contributed by atoms with Gasteiger partial charge in [0.2, 0.25) is 5.91 Å². The summed E-state index contributed by atoms with van der Waals surface area (Å²) in [5, 5.41) is 40.9. The van der Waals surface area contributed by atoms with E-state index in [4.69, 9.17) is 9.72 Å². The number of benzene rings is 2.